The van der Waals surface area contributed by atoms with E-state index in [9.17, 15) is 22.6 Å². The molecule has 0 fully saturated rings. The van der Waals surface area contributed by atoms with Gasteiger partial charge in [-0.1, -0.05) is 17.7 Å². The summed E-state index contributed by atoms with van der Waals surface area (Å²) in [6.07, 6.45) is 0. The van der Waals surface area contributed by atoms with E-state index in [4.69, 9.17) is 0 Å². The largest absolute Gasteiger partial charge is 0.748 e. The minimum absolute atomic E-state index is 0.165. The zero-order chi connectivity index (χ0) is 22.1. The van der Waals surface area contributed by atoms with E-state index in [1.165, 1.54) is 0 Å². The fraction of sp³-hybridized carbons (Fsp3) is 0.130. The van der Waals surface area contributed by atoms with Crippen molar-refractivity contribution in [2.45, 2.75) is 19.6 Å². The summed E-state index contributed by atoms with van der Waals surface area (Å²) in [5, 5.41) is 1.61. The molecule has 2 N–H and O–H groups in total. The van der Waals surface area contributed by atoms with E-state index < -0.39 is 15.9 Å². The van der Waals surface area contributed by atoms with Gasteiger partial charge in [0.15, 0.2) is 10.9 Å². The molecule has 7 nitrogen and oxygen atoms in total. The normalized spacial score (nSPS) is 12.4. The van der Waals surface area contributed by atoms with Crippen molar-refractivity contribution in [1.82, 2.24) is 9.97 Å². The highest BCUT2D eigenvalue weighted by Gasteiger charge is 2.14. The van der Waals surface area contributed by atoms with E-state index in [0.29, 0.717) is 43.7 Å². The monoisotopic (exact) mass is 433 g/mol. The standard InChI is InChI=1S/C23H18N2O5S/c1-11-3-4-18-14(6-11)22(26)15-9-20-16(8-19(15)24-18)23(27)17-7-12(2)5-13(21(17)25-20)10-31(28,29)30/h3-9H,10H2,1-2H3,(H,24,26)(H,25,27)(H,28,29,30)/p-1. The Bertz CT molecular complexity index is 1800. The average molecular weight is 433 g/mol. The highest BCUT2D eigenvalue weighted by Crippen LogP contribution is 2.25. The molecule has 0 saturated carbocycles. The lowest BCUT2D eigenvalue weighted by atomic mass is 10.0. The van der Waals surface area contributed by atoms with Crippen LogP contribution in [0.4, 0.5) is 0 Å². The van der Waals surface area contributed by atoms with Crippen molar-refractivity contribution in [1.29, 1.82) is 0 Å². The third-order valence-corrected chi connectivity index (χ3v) is 6.20. The number of fused-ring (bicyclic) bond motifs is 4. The van der Waals surface area contributed by atoms with E-state index in [1.807, 2.05) is 19.1 Å². The summed E-state index contributed by atoms with van der Waals surface area (Å²) < 4.78 is 34.1. The van der Waals surface area contributed by atoms with Gasteiger partial charge in [0.2, 0.25) is 0 Å². The van der Waals surface area contributed by atoms with Gasteiger partial charge in [-0.3, -0.25) is 9.59 Å². The van der Waals surface area contributed by atoms with Gasteiger partial charge in [-0.15, -0.1) is 0 Å². The van der Waals surface area contributed by atoms with Crippen LogP contribution in [0.2, 0.25) is 0 Å². The summed E-state index contributed by atoms with van der Waals surface area (Å²) in [5.74, 6) is -0.731. The molecule has 0 radical (unpaired) electrons. The second-order valence-corrected chi connectivity index (χ2v) is 9.35. The smallest absolute Gasteiger partial charge is 0.197 e. The van der Waals surface area contributed by atoms with Gasteiger partial charge >= 0.3 is 0 Å². The molecule has 2 heterocycles. The molecule has 3 aromatic carbocycles. The quantitative estimate of drug-likeness (QED) is 0.326. The maximum atomic E-state index is 13.3. The Kier molecular flexibility index (Phi) is 4.08. The van der Waals surface area contributed by atoms with Crippen LogP contribution in [0, 0.1) is 13.8 Å². The number of nitrogens with one attached hydrogen (secondary N) is 2. The molecule has 31 heavy (non-hydrogen) atoms. The first-order chi connectivity index (χ1) is 14.6. The molecule has 0 bridgehead atoms. The van der Waals surface area contributed by atoms with E-state index >= 15 is 0 Å². The molecular weight excluding hydrogens is 416 g/mol. The summed E-state index contributed by atoms with van der Waals surface area (Å²) in [6, 6.07) is 12.0. The third kappa shape index (κ3) is 3.20. The van der Waals surface area contributed by atoms with Gasteiger partial charge < -0.3 is 14.5 Å². The Morgan fingerprint density at radius 1 is 0.742 bits per heavy atom. The van der Waals surface area contributed by atoms with E-state index in [0.717, 1.165) is 5.56 Å². The number of hydrogen-bond acceptors (Lipinski definition) is 5. The van der Waals surface area contributed by atoms with Crippen molar-refractivity contribution < 1.29 is 13.0 Å². The van der Waals surface area contributed by atoms with Crippen molar-refractivity contribution in [3.63, 3.8) is 0 Å². The molecule has 0 aliphatic carbocycles. The fourth-order valence-electron chi connectivity index (χ4n) is 4.20. The number of aryl methyl sites for hydroxylation is 2. The predicted molar refractivity (Wildman–Crippen MR) is 121 cm³/mol. The van der Waals surface area contributed by atoms with Crippen LogP contribution in [0.5, 0.6) is 0 Å². The van der Waals surface area contributed by atoms with Crippen LogP contribution in [0.3, 0.4) is 0 Å². The van der Waals surface area contributed by atoms with Crippen molar-refractivity contribution >= 4 is 53.7 Å². The molecule has 8 heteroatoms. The maximum Gasteiger partial charge on any atom is 0.197 e. The number of aromatic amines is 2. The zero-order valence-electron chi connectivity index (χ0n) is 16.7. The van der Waals surface area contributed by atoms with Crippen molar-refractivity contribution in [2.24, 2.45) is 0 Å². The minimum atomic E-state index is -4.55. The first-order valence-electron chi connectivity index (χ1n) is 9.60. The summed E-state index contributed by atoms with van der Waals surface area (Å²) >= 11 is 0. The Hall–Kier alpha value is -3.49. The summed E-state index contributed by atoms with van der Waals surface area (Å²) in [5.41, 5.74) is 3.29. The zero-order valence-corrected chi connectivity index (χ0v) is 17.5. The summed E-state index contributed by atoms with van der Waals surface area (Å²) in [4.78, 5) is 32.7. The first kappa shape index (κ1) is 19.5. The second kappa shape index (κ2) is 6.50. The molecular formula is C23H17N2O5S-. The maximum absolute atomic E-state index is 13.3. The number of hydrogen-bond donors (Lipinski definition) is 2. The lowest BCUT2D eigenvalue weighted by Crippen LogP contribution is -2.10. The number of H-pyrrole nitrogens is 2. The number of rotatable bonds is 2. The van der Waals surface area contributed by atoms with Gasteiger partial charge in [0.25, 0.3) is 0 Å². The van der Waals surface area contributed by atoms with Crippen molar-refractivity contribution in [3.05, 3.63) is 79.6 Å². The van der Waals surface area contributed by atoms with Crippen molar-refractivity contribution in [2.75, 3.05) is 0 Å². The van der Waals surface area contributed by atoms with Crippen LogP contribution in [0.1, 0.15) is 16.7 Å². The van der Waals surface area contributed by atoms with Crippen LogP contribution in [0.25, 0.3) is 43.6 Å². The van der Waals surface area contributed by atoms with Crippen molar-refractivity contribution in [3.8, 4) is 0 Å². The Labute approximate surface area is 176 Å². The molecule has 0 saturated heterocycles. The first-order valence-corrected chi connectivity index (χ1v) is 11.2. The van der Waals surface area contributed by atoms with Crippen LogP contribution in [0.15, 0.2) is 52.1 Å². The average Bonchev–Trinajstić information content (AvgIpc) is 2.68. The molecule has 0 unspecified atom stereocenters. The summed E-state index contributed by atoms with van der Waals surface area (Å²) in [7, 11) is -4.55. The number of benzene rings is 3. The van der Waals surface area contributed by atoms with Gasteiger partial charge in [0.1, 0.15) is 0 Å². The van der Waals surface area contributed by atoms with E-state index in [1.54, 1.807) is 37.3 Å². The topological polar surface area (TPSA) is 123 Å². The van der Waals surface area contributed by atoms with Gasteiger partial charge in [-0.25, -0.2) is 8.42 Å². The molecule has 0 amide bonds. The molecule has 5 rings (SSSR count). The molecule has 0 spiro atoms. The van der Waals surface area contributed by atoms with Gasteiger partial charge in [-0.2, -0.15) is 0 Å². The van der Waals surface area contributed by atoms with Gasteiger partial charge in [0, 0.05) is 27.1 Å². The highest BCUT2D eigenvalue weighted by atomic mass is 32.2. The highest BCUT2D eigenvalue weighted by molar-refractivity contribution is 7.84. The van der Waals surface area contributed by atoms with Crippen LogP contribution in [-0.4, -0.2) is 22.9 Å². The Morgan fingerprint density at radius 2 is 1.32 bits per heavy atom. The predicted octanol–water partition coefficient (Wildman–Crippen LogP) is 3.34. The van der Waals surface area contributed by atoms with E-state index in [-0.39, 0.29) is 21.9 Å². The number of pyridine rings is 2. The SMILES string of the molecule is Cc1ccc2[nH]c3cc4c(=O)c5cc(C)cc(CS(=O)(=O)[O-])c5[nH]c4cc3c(=O)c2c1. The second-order valence-electron chi connectivity index (χ2n) is 7.95. The fourth-order valence-corrected chi connectivity index (χ4v) is 4.81. The lowest BCUT2D eigenvalue weighted by molar-refractivity contribution is 0.462. The molecule has 0 aliphatic heterocycles. The van der Waals surface area contributed by atoms with Gasteiger partial charge in [-0.05, 0) is 55.3 Å². The van der Waals surface area contributed by atoms with Gasteiger partial charge in [0.05, 0.1) is 32.4 Å². The number of aromatic nitrogens is 2. The van der Waals surface area contributed by atoms with E-state index in [2.05, 4.69) is 9.97 Å². The Morgan fingerprint density at radius 3 is 2.00 bits per heavy atom. The molecule has 156 valence electrons. The minimum Gasteiger partial charge on any atom is -0.748 e. The molecule has 2 aromatic heterocycles. The molecule has 5 aromatic rings. The summed E-state index contributed by atoms with van der Waals surface area (Å²) in [6.45, 7) is 3.64. The third-order valence-electron chi connectivity index (χ3n) is 5.54. The Balaban J connectivity index is 1.94. The van der Waals surface area contributed by atoms with Crippen LogP contribution in [-0.2, 0) is 15.9 Å². The van der Waals surface area contributed by atoms with Crippen LogP contribution >= 0.6 is 0 Å². The lowest BCUT2D eigenvalue weighted by Gasteiger charge is -2.13. The molecule has 0 aliphatic rings. The van der Waals surface area contributed by atoms with Crippen LogP contribution < -0.4 is 10.9 Å². The molecule has 0 atom stereocenters.